The van der Waals surface area contributed by atoms with Crippen LogP contribution >= 0.6 is 0 Å². The van der Waals surface area contributed by atoms with Gasteiger partial charge in [-0.3, -0.25) is 4.79 Å². The lowest BCUT2D eigenvalue weighted by molar-refractivity contribution is -0.142. The number of halogens is 2. The van der Waals surface area contributed by atoms with Gasteiger partial charge in [0.05, 0.1) is 10.8 Å². The van der Waals surface area contributed by atoms with Crippen molar-refractivity contribution in [2.45, 2.75) is 24.2 Å². The zero-order valence-corrected chi connectivity index (χ0v) is 13.0. The third-order valence-corrected chi connectivity index (χ3v) is 5.45. The molecule has 1 aliphatic heterocycles. The highest BCUT2D eigenvalue weighted by Crippen LogP contribution is 2.25. The van der Waals surface area contributed by atoms with Crippen molar-refractivity contribution in [2.75, 3.05) is 19.7 Å². The summed E-state index contributed by atoms with van der Waals surface area (Å²) in [6.07, 6.45) is -1.69. The van der Waals surface area contributed by atoms with Gasteiger partial charge >= 0.3 is 5.97 Å². The Hall–Kier alpha value is -1.74. The average molecular weight is 349 g/mol. The summed E-state index contributed by atoms with van der Waals surface area (Å²) in [5, 5.41) is 9.03. The van der Waals surface area contributed by atoms with E-state index in [4.69, 9.17) is 9.84 Å². The van der Waals surface area contributed by atoms with Gasteiger partial charge in [-0.1, -0.05) is 0 Å². The third-order valence-electron chi connectivity index (χ3n) is 3.57. The number of benzene rings is 1. The fourth-order valence-corrected chi connectivity index (χ4v) is 3.90. The molecule has 0 aliphatic carbocycles. The number of hydrogen-bond donors (Lipinski definition) is 1. The van der Waals surface area contributed by atoms with Crippen LogP contribution in [0.1, 0.15) is 12.8 Å². The summed E-state index contributed by atoms with van der Waals surface area (Å²) in [4.78, 5) is 11.0. The SMILES string of the molecule is O=C(O)C1CCCN(S(=O)(=O)c2ccc(OCC(F)F)cc2)C1. The van der Waals surface area contributed by atoms with E-state index in [1.807, 2.05) is 0 Å². The Morgan fingerprint density at radius 2 is 2.00 bits per heavy atom. The van der Waals surface area contributed by atoms with Crippen LogP contribution in [0.5, 0.6) is 5.75 Å². The molecule has 1 heterocycles. The van der Waals surface area contributed by atoms with E-state index in [9.17, 15) is 22.0 Å². The maximum atomic E-state index is 12.5. The maximum absolute atomic E-state index is 12.5. The number of aliphatic carboxylic acids is 1. The molecule has 0 radical (unpaired) electrons. The topological polar surface area (TPSA) is 83.9 Å². The fraction of sp³-hybridized carbons (Fsp3) is 0.500. The van der Waals surface area contributed by atoms with Crippen LogP contribution < -0.4 is 4.74 Å². The van der Waals surface area contributed by atoms with Gasteiger partial charge in [-0.25, -0.2) is 17.2 Å². The van der Waals surface area contributed by atoms with E-state index < -0.39 is 34.9 Å². The van der Waals surface area contributed by atoms with Crippen LogP contribution in [-0.2, 0) is 14.8 Å². The zero-order chi connectivity index (χ0) is 17.0. The van der Waals surface area contributed by atoms with Crippen LogP contribution in [0.2, 0.25) is 0 Å². The Balaban J connectivity index is 2.11. The number of sulfonamides is 1. The summed E-state index contributed by atoms with van der Waals surface area (Å²) in [5.74, 6) is -1.58. The first kappa shape index (κ1) is 17.6. The van der Waals surface area contributed by atoms with Crippen molar-refractivity contribution in [1.29, 1.82) is 0 Å². The summed E-state index contributed by atoms with van der Waals surface area (Å²) in [7, 11) is -3.81. The second-order valence-corrected chi connectivity index (χ2v) is 7.15. The number of carboxylic acids is 1. The second-order valence-electron chi connectivity index (χ2n) is 5.21. The largest absolute Gasteiger partial charge is 0.488 e. The minimum absolute atomic E-state index is 0.0204. The lowest BCUT2D eigenvalue weighted by Crippen LogP contribution is -2.42. The molecule has 1 fully saturated rings. The molecule has 1 aromatic carbocycles. The highest BCUT2D eigenvalue weighted by Gasteiger charge is 2.33. The molecule has 0 aromatic heterocycles. The van der Waals surface area contributed by atoms with Crippen LogP contribution in [0.25, 0.3) is 0 Å². The van der Waals surface area contributed by atoms with E-state index in [-0.39, 0.29) is 23.7 Å². The molecule has 0 bridgehead atoms. The monoisotopic (exact) mass is 349 g/mol. The maximum Gasteiger partial charge on any atom is 0.307 e. The van der Waals surface area contributed by atoms with Crippen LogP contribution in [0.15, 0.2) is 29.2 Å². The minimum Gasteiger partial charge on any atom is -0.488 e. The molecule has 1 N–H and O–H groups in total. The number of nitrogens with zero attached hydrogens (tertiary/aromatic N) is 1. The van der Waals surface area contributed by atoms with Crippen molar-refractivity contribution < 1.29 is 31.8 Å². The van der Waals surface area contributed by atoms with Gasteiger partial charge in [0, 0.05) is 13.1 Å². The van der Waals surface area contributed by atoms with Gasteiger partial charge in [0.2, 0.25) is 10.0 Å². The Bertz CT molecular complexity index is 648. The van der Waals surface area contributed by atoms with E-state index in [0.29, 0.717) is 12.8 Å². The predicted octanol–water partition coefficient (Wildman–Crippen LogP) is 1.82. The molecule has 128 valence electrons. The molecule has 1 saturated heterocycles. The van der Waals surface area contributed by atoms with E-state index in [0.717, 1.165) is 4.31 Å². The van der Waals surface area contributed by atoms with Gasteiger partial charge in [-0.05, 0) is 37.1 Å². The van der Waals surface area contributed by atoms with Crippen LogP contribution in [-0.4, -0.2) is 49.9 Å². The zero-order valence-electron chi connectivity index (χ0n) is 12.2. The van der Waals surface area contributed by atoms with Crippen LogP contribution in [0.3, 0.4) is 0 Å². The average Bonchev–Trinajstić information content (AvgIpc) is 2.53. The molecule has 2 rings (SSSR count). The van der Waals surface area contributed by atoms with E-state index in [1.54, 1.807) is 0 Å². The third kappa shape index (κ3) is 4.38. The van der Waals surface area contributed by atoms with Crippen molar-refractivity contribution in [3.63, 3.8) is 0 Å². The molecule has 0 spiro atoms. The normalized spacial score (nSPS) is 19.7. The van der Waals surface area contributed by atoms with Crippen molar-refractivity contribution in [2.24, 2.45) is 5.92 Å². The molecule has 1 aliphatic rings. The summed E-state index contributed by atoms with van der Waals surface area (Å²) < 4.78 is 55.1. The number of carboxylic acid groups (broad SMARTS) is 1. The van der Waals surface area contributed by atoms with Gasteiger partial charge in [0.1, 0.15) is 12.4 Å². The Kier molecular flexibility index (Phi) is 5.53. The second kappa shape index (κ2) is 7.22. The first-order chi connectivity index (χ1) is 10.8. The molecule has 0 saturated carbocycles. The molecule has 1 atom stereocenters. The van der Waals surface area contributed by atoms with Crippen LogP contribution in [0.4, 0.5) is 8.78 Å². The van der Waals surface area contributed by atoms with Gasteiger partial charge in [0.15, 0.2) is 0 Å². The minimum atomic E-state index is -3.81. The molecule has 1 aromatic rings. The molecule has 23 heavy (non-hydrogen) atoms. The molecule has 6 nitrogen and oxygen atoms in total. The fourth-order valence-electron chi connectivity index (χ4n) is 2.38. The van der Waals surface area contributed by atoms with Crippen molar-refractivity contribution in [3.8, 4) is 5.75 Å². The quantitative estimate of drug-likeness (QED) is 0.847. The Morgan fingerprint density at radius 3 is 2.57 bits per heavy atom. The number of carbonyl (C=O) groups is 1. The van der Waals surface area contributed by atoms with Crippen molar-refractivity contribution >= 4 is 16.0 Å². The first-order valence-corrected chi connectivity index (χ1v) is 8.48. The number of hydrogen-bond acceptors (Lipinski definition) is 4. The number of rotatable bonds is 6. The van der Waals surface area contributed by atoms with E-state index >= 15 is 0 Å². The predicted molar refractivity (Wildman–Crippen MR) is 77.1 cm³/mol. The molecular formula is C14H17F2NO5S. The number of piperidine rings is 1. The van der Waals surface area contributed by atoms with E-state index in [2.05, 4.69) is 0 Å². The Morgan fingerprint density at radius 1 is 1.35 bits per heavy atom. The molecular weight excluding hydrogens is 332 g/mol. The highest BCUT2D eigenvalue weighted by atomic mass is 32.2. The summed E-state index contributed by atoms with van der Waals surface area (Å²) >= 11 is 0. The van der Waals surface area contributed by atoms with Gasteiger partial charge in [0.25, 0.3) is 6.43 Å². The lowest BCUT2D eigenvalue weighted by Gasteiger charge is -2.29. The number of ether oxygens (including phenoxy) is 1. The van der Waals surface area contributed by atoms with Crippen molar-refractivity contribution in [1.82, 2.24) is 4.31 Å². The summed E-state index contributed by atoms with van der Waals surface area (Å²) in [6, 6.07) is 5.13. The standard InChI is InChI=1S/C14H17F2NO5S/c15-13(16)9-22-11-3-5-12(6-4-11)23(20,21)17-7-1-2-10(8-17)14(18)19/h3-6,10,13H,1-2,7-9H2,(H,18,19). The smallest absolute Gasteiger partial charge is 0.307 e. The Labute approximate surface area is 132 Å². The molecule has 0 amide bonds. The van der Waals surface area contributed by atoms with Crippen LogP contribution in [0, 0.1) is 5.92 Å². The summed E-state index contributed by atoms with van der Waals surface area (Å²) in [6.45, 7) is -0.574. The summed E-state index contributed by atoms with van der Waals surface area (Å²) in [5.41, 5.74) is 0. The first-order valence-electron chi connectivity index (χ1n) is 7.04. The van der Waals surface area contributed by atoms with Gasteiger partial charge in [-0.2, -0.15) is 4.31 Å². The van der Waals surface area contributed by atoms with Crippen molar-refractivity contribution in [3.05, 3.63) is 24.3 Å². The van der Waals surface area contributed by atoms with Gasteiger partial charge in [-0.15, -0.1) is 0 Å². The highest BCUT2D eigenvalue weighted by molar-refractivity contribution is 7.89. The van der Waals surface area contributed by atoms with E-state index in [1.165, 1.54) is 24.3 Å². The lowest BCUT2D eigenvalue weighted by atomic mass is 10.0. The molecule has 1 unspecified atom stereocenters. The van der Waals surface area contributed by atoms with Gasteiger partial charge < -0.3 is 9.84 Å². The number of alkyl halides is 2. The molecule has 9 heteroatoms.